The number of nitrogens with one attached hydrogen (secondary N) is 2. The van der Waals surface area contributed by atoms with Crippen LogP contribution in [0.3, 0.4) is 0 Å². The number of anilines is 2. The summed E-state index contributed by atoms with van der Waals surface area (Å²) in [6, 6.07) is 18.1. The van der Waals surface area contributed by atoms with Gasteiger partial charge in [0.1, 0.15) is 23.1 Å². The van der Waals surface area contributed by atoms with Crippen LogP contribution in [0.1, 0.15) is 0 Å². The Morgan fingerprint density at radius 3 is 2.16 bits per heavy atom. The number of ether oxygens (including phenoxy) is 1. The zero-order valence-electron chi connectivity index (χ0n) is 16.5. The van der Waals surface area contributed by atoms with E-state index in [1.165, 1.54) is 24.3 Å². The van der Waals surface area contributed by atoms with Gasteiger partial charge >= 0.3 is 0 Å². The third-order valence-corrected chi connectivity index (χ3v) is 5.66. The summed E-state index contributed by atoms with van der Waals surface area (Å²) in [4.78, 5) is 24.4. The molecule has 7 nitrogen and oxygen atoms in total. The Hall–Kier alpha value is -3.43. The second-order valence-electron chi connectivity index (χ2n) is 6.69. The van der Waals surface area contributed by atoms with E-state index in [1.54, 1.807) is 30.3 Å². The standard InChI is InChI=1S/C22H18ClFN2O5S/c23-15-6-11-20(31-18-4-2-1-3-5-18)19(12-15)26-22(28)14-32(29,30)13-21(27)25-17-9-7-16(24)8-10-17/h1-12H,13-14H2,(H,25,27)(H,26,28). The van der Waals surface area contributed by atoms with Gasteiger partial charge in [0.05, 0.1) is 5.69 Å². The van der Waals surface area contributed by atoms with Crippen molar-refractivity contribution >= 4 is 44.6 Å². The first kappa shape index (κ1) is 23.2. The predicted molar refractivity (Wildman–Crippen MR) is 120 cm³/mol. The number of sulfone groups is 1. The van der Waals surface area contributed by atoms with Crippen LogP contribution in [0.2, 0.25) is 5.02 Å². The number of amides is 2. The van der Waals surface area contributed by atoms with Crippen LogP contribution in [0.5, 0.6) is 11.5 Å². The van der Waals surface area contributed by atoms with Crippen LogP contribution in [-0.2, 0) is 19.4 Å². The minimum Gasteiger partial charge on any atom is -0.455 e. The van der Waals surface area contributed by atoms with E-state index in [1.807, 2.05) is 6.07 Å². The number of halogens is 2. The van der Waals surface area contributed by atoms with Crippen molar-refractivity contribution in [2.24, 2.45) is 0 Å². The largest absolute Gasteiger partial charge is 0.455 e. The van der Waals surface area contributed by atoms with Crippen molar-refractivity contribution in [1.82, 2.24) is 0 Å². The summed E-state index contributed by atoms with van der Waals surface area (Å²) in [5.74, 6) is -3.28. The summed E-state index contributed by atoms with van der Waals surface area (Å²) in [5, 5.41) is 5.10. The van der Waals surface area contributed by atoms with Crippen LogP contribution >= 0.6 is 11.6 Å². The molecule has 0 aromatic heterocycles. The van der Waals surface area contributed by atoms with Gasteiger partial charge in [0.25, 0.3) is 0 Å². The van der Waals surface area contributed by atoms with Crippen LogP contribution in [0.4, 0.5) is 15.8 Å². The van der Waals surface area contributed by atoms with Crippen molar-refractivity contribution in [1.29, 1.82) is 0 Å². The third-order valence-electron chi connectivity index (χ3n) is 4.02. The molecule has 0 aliphatic carbocycles. The SMILES string of the molecule is O=C(CS(=O)(=O)CC(=O)Nc1cc(Cl)ccc1Oc1ccccc1)Nc1ccc(F)cc1. The average Bonchev–Trinajstić information content (AvgIpc) is 2.71. The first-order chi connectivity index (χ1) is 15.2. The molecule has 166 valence electrons. The molecule has 0 aliphatic rings. The lowest BCUT2D eigenvalue weighted by molar-refractivity contribution is -0.114. The third kappa shape index (κ3) is 7.07. The molecule has 2 amide bonds. The molecule has 0 fully saturated rings. The summed E-state index contributed by atoms with van der Waals surface area (Å²) >= 11 is 5.99. The average molecular weight is 477 g/mol. The molecule has 0 saturated heterocycles. The first-order valence-corrected chi connectivity index (χ1v) is 11.5. The summed E-state index contributed by atoms with van der Waals surface area (Å²) in [5.41, 5.74) is 0.412. The number of hydrogen-bond acceptors (Lipinski definition) is 5. The minimum atomic E-state index is -4.08. The van der Waals surface area contributed by atoms with E-state index in [0.717, 1.165) is 12.1 Å². The van der Waals surface area contributed by atoms with E-state index in [0.29, 0.717) is 10.8 Å². The molecule has 0 heterocycles. The second kappa shape index (κ2) is 10.3. The van der Waals surface area contributed by atoms with Crippen LogP contribution in [0, 0.1) is 5.82 Å². The Labute approximate surface area is 189 Å². The van der Waals surface area contributed by atoms with Crippen LogP contribution in [0.25, 0.3) is 0 Å². The van der Waals surface area contributed by atoms with Gasteiger partial charge in [0, 0.05) is 10.7 Å². The van der Waals surface area contributed by atoms with E-state index in [2.05, 4.69) is 10.6 Å². The van der Waals surface area contributed by atoms with Crippen LogP contribution in [-0.4, -0.2) is 31.7 Å². The normalized spacial score (nSPS) is 10.9. The molecule has 0 unspecified atom stereocenters. The number of rotatable bonds is 8. The molecule has 32 heavy (non-hydrogen) atoms. The Morgan fingerprint density at radius 2 is 1.50 bits per heavy atom. The molecule has 3 aromatic rings. The second-order valence-corrected chi connectivity index (χ2v) is 9.19. The van der Waals surface area contributed by atoms with Gasteiger partial charge in [-0.3, -0.25) is 9.59 Å². The summed E-state index contributed by atoms with van der Waals surface area (Å²) in [6.45, 7) is 0. The van der Waals surface area contributed by atoms with Gasteiger partial charge in [-0.25, -0.2) is 12.8 Å². The molecule has 0 atom stereocenters. The number of para-hydroxylation sites is 1. The number of carbonyl (C=O) groups is 2. The highest BCUT2D eigenvalue weighted by Crippen LogP contribution is 2.32. The van der Waals surface area contributed by atoms with Crippen molar-refractivity contribution in [3.8, 4) is 11.5 Å². The van der Waals surface area contributed by atoms with Crippen molar-refractivity contribution in [3.05, 3.63) is 83.6 Å². The maximum Gasteiger partial charge on any atom is 0.239 e. The zero-order chi connectivity index (χ0) is 23.1. The molecule has 0 aliphatic heterocycles. The van der Waals surface area contributed by atoms with E-state index in [-0.39, 0.29) is 17.1 Å². The van der Waals surface area contributed by atoms with Gasteiger partial charge in [-0.1, -0.05) is 29.8 Å². The first-order valence-electron chi connectivity index (χ1n) is 9.28. The lowest BCUT2D eigenvalue weighted by Crippen LogP contribution is -2.30. The van der Waals surface area contributed by atoms with Crippen molar-refractivity contribution in [2.75, 3.05) is 22.1 Å². The van der Waals surface area contributed by atoms with E-state index in [4.69, 9.17) is 16.3 Å². The summed E-state index contributed by atoms with van der Waals surface area (Å²) in [7, 11) is -4.08. The maximum absolute atomic E-state index is 12.9. The quantitative estimate of drug-likeness (QED) is 0.505. The molecule has 3 rings (SSSR count). The molecule has 0 saturated carbocycles. The van der Waals surface area contributed by atoms with Gasteiger partial charge < -0.3 is 15.4 Å². The van der Waals surface area contributed by atoms with E-state index < -0.39 is 39.0 Å². The minimum absolute atomic E-state index is 0.178. The monoisotopic (exact) mass is 476 g/mol. The molecule has 2 N–H and O–H groups in total. The highest BCUT2D eigenvalue weighted by atomic mass is 35.5. The Kier molecular flexibility index (Phi) is 7.45. The van der Waals surface area contributed by atoms with Crippen molar-refractivity contribution < 1.29 is 27.1 Å². The molecular formula is C22H18ClFN2O5S. The maximum atomic E-state index is 12.9. The molecule has 0 radical (unpaired) electrons. The van der Waals surface area contributed by atoms with Gasteiger partial charge in [-0.05, 0) is 54.6 Å². The Morgan fingerprint density at radius 1 is 0.875 bits per heavy atom. The van der Waals surface area contributed by atoms with E-state index >= 15 is 0 Å². The number of benzene rings is 3. The zero-order valence-corrected chi connectivity index (χ0v) is 18.1. The van der Waals surface area contributed by atoms with Gasteiger partial charge in [-0.2, -0.15) is 0 Å². The van der Waals surface area contributed by atoms with Crippen molar-refractivity contribution in [2.45, 2.75) is 0 Å². The lowest BCUT2D eigenvalue weighted by atomic mass is 10.3. The Balaban J connectivity index is 1.63. The summed E-state index contributed by atoms with van der Waals surface area (Å²) < 4.78 is 43.2. The Bertz CT molecular complexity index is 1220. The molecule has 0 bridgehead atoms. The molecule has 0 spiro atoms. The van der Waals surface area contributed by atoms with Crippen LogP contribution < -0.4 is 15.4 Å². The number of hydrogen-bond donors (Lipinski definition) is 2. The summed E-state index contributed by atoms with van der Waals surface area (Å²) in [6.07, 6.45) is 0. The van der Waals surface area contributed by atoms with Gasteiger partial charge in [0.2, 0.25) is 11.8 Å². The smallest absolute Gasteiger partial charge is 0.239 e. The van der Waals surface area contributed by atoms with Crippen molar-refractivity contribution in [3.63, 3.8) is 0 Å². The highest BCUT2D eigenvalue weighted by molar-refractivity contribution is 7.92. The fourth-order valence-electron chi connectivity index (χ4n) is 2.67. The number of carbonyl (C=O) groups excluding carboxylic acids is 2. The molecule has 10 heteroatoms. The highest BCUT2D eigenvalue weighted by Gasteiger charge is 2.22. The van der Waals surface area contributed by atoms with Gasteiger partial charge in [0.15, 0.2) is 15.6 Å². The van der Waals surface area contributed by atoms with Crippen LogP contribution in [0.15, 0.2) is 72.8 Å². The molecular weight excluding hydrogens is 459 g/mol. The van der Waals surface area contributed by atoms with Gasteiger partial charge in [-0.15, -0.1) is 0 Å². The lowest BCUT2D eigenvalue weighted by Gasteiger charge is -2.13. The topological polar surface area (TPSA) is 102 Å². The molecule has 3 aromatic carbocycles. The van der Waals surface area contributed by atoms with E-state index in [9.17, 15) is 22.4 Å². The fourth-order valence-corrected chi connectivity index (χ4v) is 3.89. The predicted octanol–water partition coefficient (Wildman–Crippen LogP) is 4.26. The fraction of sp³-hybridized carbons (Fsp3) is 0.0909.